The van der Waals surface area contributed by atoms with E-state index in [0.29, 0.717) is 42.7 Å². The number of amides is 2. The molecule has 0 spiro atoms. The molecule has 24 heavy (non-hydrogen) atoms. The van der Waals surface area contributed by atoms with Gasteiger partial charge in [-0.15, -0.1) is 11.3 Å². The van der Waals surface area contributed by atoms with Crippen molar-refractivity contribution in [3.05, 3.63) is 35.2 Å². The molecule has 9 heteroatoms. The molecule has 0 aliphatic carbocycles. The highest BCUT2D eigenvalue weighted by Gasteiger charge is 2.30. The van der Waals surface area contributed by atoms with Gasteiger partial charge in [0.1, 0.15) is 0 Å². The summed E-state index contributed by atoms with van der Waals surface area (Å²) in [5, 5.41) is 4.79. The number of anilines is 1. The zero-order valence-corrected chi connectivity index (χ0v) is 13.3. The van der Waals surface area contributed by atoms with E-state index < -0.39 is 11.7 Å². The number of hydrogen-bond acceptors (Lipinski definition) is 4. The summed E-state index contributed by atoms with van der Waals surface area (Å²) in [6, 6.07) is 4.50. The van der Waals surface area contributed by atoms with E-state index in [0.717, 1.165) is 12.1 Å². The van der Waals surface area contributed by atoms with Gasteiger partial charge in [-0.25, -0.2) is 9.78 Å². The number of nitrogens with zero attached hydrogens (tertiary/aromatic N) is 2. The molecule has 0 bridgehead atoms. The molecule has 2 heterocycles. The summed E-state index contributed by atoms with van der Waals surface area (Å²) in [6.45, 7) is 2.04. The smallest absolute Gasteiger partial charge is 0.378 e. The summed E-state index contributed by atoms with van der Waals surface area (Å²) in [5.74, 6) is 0. The van der Waals surface area contributed by atoms with Gasteiger partial charge in [-0.05, 0) is 12.1 Å². The van der Waals surface area contributed by atoms with Gasteiger partial charge >= 0.3 is 12.2 Å². The lowest BCUT2D eigenvalue weighted by atomic mass is 10.1. The third kappa shape index (κ3) is 3.85. The van der Waals surface area contributed by atoms with Crippen LogP contribution in [-0.4, -0.2) is 42.2 Å². The van der Waals surface area contributed by atoms with Crippen LogP contribution in [0.25, 0.3) is 11.3 Å². The molecule has 2 aromatic rings. The van der Waals surface area contributed by atoms with Crippen LogP contribution in [-0.2, 0) is 10.9 Å². The minimum atomic E-state index is -4.36. The van der Waals surface area contributed by atoms with Gasteiger partial charge in [0.25, 0.3) is 0 Å². The van der Waals surface area contributed by atoms with E-state index >= 15 is 0 Å². The Morgan fingerprint density at radius 2 is 1.88 bits per heavy atom. The van der Waals surface area contributed by atoms with Crippen LogP contribution in [0.5, 0.6) is 0 Å². The average Bonchev–Trinajstić information content (AvgIpc) is 3.03. The number of benzene rings is 1. The molecule has 0 radical (unpaired) electrons. The van der Waals surface area contributed by atoms with Crippen molar-refractivity contribution in [2.75, 3.05) is 31.6 Å². The molecule has 1 aliphatic heterocycles. The maximum absolute atomic E-state index is 12.6. The topological polar surface area (TPSA) is 54.5 Å². The van der Waals surface area contributed by atoms with Gasteiger partial charge in [-0.2, -0.15) is 13.2 Å². The SMILES string of the molecule is O=C(Nc1nc(-c2ccc(C(F)(F)F)cc2)cs1)N1CCOCC1. The van der Waals surface area contributed by atoms with Crippen LogP contribution >= 0.6 is 11.3 Å². The van der Waals surface area contributed by atoms with Crippen molar-refractivity contribution in [1.82, 2.24) is 9.88 Å². The molecule has 0 unspecified atom stereocenters. The fourth-order valence-electron chi connectivity index (χ4n) is 2.23. The Morgan fingerprint density at radius 1 is 1.21 bits per heavy atom. The summed E-state index contributed by atoms with van der Waals surface area (Å²) in [7, 11) is 0. The zero-order chi connectivity index (χ0) is 17.2. The molecule has 1 aliphatic rings. The first-order chi connectivity index (χ1) is 11.4. The van der Waals surface area contributed by atoms with Crippen molar-refractivity contribution in [2.24, 2.45) is 0 Å². The fourth-order valence-corrected chi connectivity index (χ4v) is 2.94. The summed E-state index contributed by atoms with van der Waals surface area (Å²) in [4.78, 5) is 18.0. The number of ether oxygens (including phenoxy) is 1. The van der Waals surface area contributed by atoms with E-state index in [1.807, 2.05) is 0 Å². The van der Waals surface area contributed by atoms with Gasteiger partial charge < -0.3 is 9.64 Å². The highest BCUT2D eigenvalue weighted by atomic mass is 32.1. The van der Waals surface area contributed by atoms with E-state index in [1.165, 1.54) is 23.5 Å². The van der Waals surface area contributed by atoms with Crippen LogP contribution in [0.1, 0.15) is 5.56 Å². The van der Waals surface area contributed by atoms with Gasteiger partial charge in [-0.3, -0.25) is 5.32 Å². The van der Waals surface area contributed by atoms with Crippen LogP contribution in [0.2, 0.25) is 0 Å². The molecule has 1 N–H and O–H groups in total. The van der Waals surface area contributed by atoms with Crippen molar-refractivity contribution in [3.63, 3.8) is 0 Å². The molecular formula is C15H14F3N3O2S. The molecule has 1 saturated heterocycles. The first kappa shape index (κ1) is 16.7. The largest absolute Gasteiger partial charge is 0.416 e. The Hall–Kier alpha value is -2.13. The Morgan fingerprint density at radius 3 is 2.50 bits per heavy atom. The number of urea groups is 1. The summed E-state index contributed by atoms with van der Waals surface area (Å²) >= 11 is 1.22. The van der Waals surface area contributed by atoms with Gasteiger partial charge in [0.15, 0.2) is 5.13 Å². The average molecular weight is 357 g/mol. The number of alkyl halides is 3. The maximum Gasteiger partial charge on any atom is 0.416 e. The van der Waals surface area contributed by atoms with Crippen molar-refractivity contribution in [2.45, 2.75) is 6.18 Å². The highest BCUT2D eigenvalue weighted by molar-refractivity contribution is 7.14. The van der Waals surface area contributed by atoms with E-state index in [-0.39, 0.29) is 6.03 Å². The van der Waals surface area contributed by atoms with Crippen LogP contribution in [0.3, 0.4) is 0 Å². The Kier molecular flexibility index (Phi) is 4.72. The van der Waals surface area contributed by atoms with Gasteiger partial charge in [0.2, 0.25) is 0 Å². The van der Waals surface area contributed by atoms with Crippen LogP contribution in [0, 0.1) is 0 Å². The molecule has 0 atom stereocenters. The number of thiazole rings is 1. The Labute approximate surface area is 140 Å². The number of carbonyl (C=O) groups excluding carboxylic acids is 1. The molecule has 0 saturated carbocycles. The monoisotopic (exact) mass is 357 g/mol. The first-order valence-corrected chi connectivity index (χ1v) is 8.08. The predicted octanol–water partition coefficient (Wildman–Crippen LogP) is 3.69. The lowest BCUT2D eigenvalue weighted by molar-refractivity contribution is -0.137. The second-order valence-electron chi connectivity index (χ2n) is 5.14. The maximum atomic E-state index is 12.6. The second-order valence-corrected chi connectivity index (χ2v) is 6.00. The number of hydrogen-bond donors (Lipinski definition) is 1. The first-order valence-electron chi connectivity index (χ1n) is 7.20. The lowest BCUT2D eigenvalue weighted by Crippen LogP contribution is -2.43. The quantitative estimate of drug-likeness (QED) is 0.892. The molecule has 2 amide bonds. The van der Waals surface area contributed by atoms with Gasteiger partial charge in [0, 0.05) is 24.0 Å². The molecule has 1 aromatic carbocycles. The third-order valence-electron chi connectivity index (χ3n) is 3.52. The molecule has 5 nitrogen and oxygen atoms in total. The predicted molar refractivity (Wildman–Crippen MR) is 84.0 cm³/mol. The highest BCUT2D eigenvalue weighted by Crippen LogP contribution is 2.31. The molecule has 1 fully saturated rings. The summed E-state index contributed by atoms with van der Waals surface area (Å²) in [5.41, 5.74) is 0.374. The van der Waals surface area contributed by atoms with Gasteiger partial charge in [-0.1, -0.05) is 12.1 Å². The molecule has 128 valence electrons. The second kappa shape index (κ2) is 6.78. The van der Waals surface area contributed by atoms with Crippen LogP contribution < -0.4 is 5.32 Å². The van der Waals surface area contributed by atoms with Crippen LogP contribution in [0.4, 0.5) is 23.1 Å². The number of halogens is 3. The van der Waals surface area contributed by atoms with Crippen molar-refractivity contribution in [1.29, 1.82) is 0 Å². The molecular weight excluding hydrogens is 343 g/mol. The van der Waals surface area contributed by atoms with Crippen molar-refractivity contribution >= 4 is 22.5 Å². The van der Waals surface area contributed by atoms with Crippen molar-refractivity contribution in [3.8, 4) is 11.3 Å². The minimum absolute atomic E-state index is 0.258. The molecule has 3 rings (SSSR count). The number of aromatic nitrogens is 1. The number of carbonyl (C=O) groups is 1. The normalized spacial score (nSPS) is 15.4. The summed E-state index contributed by atoms with van der Waals surface area (Å²) < 4.78 is 42.9. The molecule has 1 aromatic heterocycles. The van der Waals surface area contributed by atoms with E-state index in [4.69, 9.17) is 4.74 Å². The number of morpholine rings is 1. The van der Waals surface area contributed by atoms with E-state index in [9.17, 15) is 18.0 Å². The third-order valence-corrected chi connectivity index (χ3v) is 4.28. The van der Waals surface area contributed by atoms with Crippen LogP contribution in [0.15, 0.2) is 29.6 Å². The summed E-state index contributed by atoms with van der Waals surface area (Å²) in [6.07, 6.45) is -4.36. The standard InChI is InChI=1S/C15H14F3N3O2S/c16-15(17,18)11-3-1-10(2-4-11)12-9-24-13(19-12)20-14(22)21-5-7-23-8-6-21/h1-4,9H,5-8H2,(H,19,20,22). The Bertz CT molecular complexity index is 709. The van der Waals surface area contributed by atoms with Gasteiger partial charge in [0.05, 0.1) is 24.5 Å². The Balaban J connectivity index is 1.67. The minimum Gasteiger partial charge on any atom is -0.378 e. The zero-order valence-electron chi connectivity index (χ0n) is 12.5. The van der Waals surface area contributed by atoms with Crippen molar-refractivity contribution < 1.29 is 22.7 Å². The lowest BCUT2D eigenvalue weighted by Gasteiger charge is -2.26. The number of rotatable bonds is 2. The van der Waals surface area contributed by atoms with E-state index in [2.05, 4.69) is 10.3 Å². The fraction of sp³-hybridized carbons (Fsp3) is 0.333. The van der Waals surface area contributed by atoms with E-state index in [1.54, 1.807) is 10.3 Å². The number of nitrogens with one attached hydrogen (secondary N) is 1.